The maximum Gasteiger partial charge on any atom is 0.330 e. The molecule has 158 valence electrons. The highest BCUT2D eigenvalue weighted by atomic mass is 79.9. The number of hydrogen-bond acceptors (Lipinski definition) is 4. The summed E-state index contributed by atoms with van der Waals surface area (Å²) in [5, 5.41) is 11.7. The van der Waals surface area contributed by atoms with E-state index in [1.165, 1.54) is 23.7 Å². The van der Waals surface area contributed by atoms with Crippen molar-refractivity contribution in [1.29, 1.82) is 0 Å². The van der Waals surface area contributed by atoms with Crippen molar-refractivity contribution in [3.05, 3.63) is 95.7 Å². The minimum absolute atomic E-state index is 0.0798. The molecule has 0 saturated heterocycles. The van der Waals surface area contributed by atoms with E-state index in [-0.39, 0.29) is 5.69 Å². The Bertz CT molecular complexity index is 1430. The van der Waals surface area contributed by atoms with Crippen molar-refractivity contribution in [2.75, 3.05) is 0 Å². The molecule has 0 spiro atoms. The van der Waals surface area contributed by atoms with Gasteiger partial charge in [0, 0.05) is 49.0 Å². The molecule has 2 heterocycles. The summed E-state index contributed by atoms with van der Waals surface area (Å²) in [4.78, 5) is 36.5. The lowest BCUT2D eigenvalue weighted by atomic mass is 10.1. The second-order valence-corrected chi connectivity index (χ2v) is 8.15. The topological polar surface area (TPSA) is 92.1 Å². The number of fused-ring (bicyclic) bond motifs is 1. The van der Waals surface area contributed by atoms with Gasteiger partial charge in [-0.1, -0.05) is 46.3 Å². The van der Waals surface area contributed by atoms with Gasteiger partial charge in [0.1, 0.15) is 0 Å². The van der Waals surface area contributed by atoms with Gasteiger partial charge in [-0.2, -0.15) is 0 Å². The molecule has 8 nitrogen and oxygen atoms in total. The van der Waals surface area contributed by atoms with Gasteiger partial charge in [0.05, 0.1) is 21.5 Å². The summed E-state index contributed by atoms with van der Waals surface area (Å²) >= 11 is 3.48. The maximum absolute atomic E-state index is 13.1. The lowest BCUT2D eigenvalue weighted by Crippen LogP contribution is -2.36. The average molecular weight is 483 g/mol. The molecule has 0 bridgehead atoms. The van der Waals surface area contributed by atoms with E-state index in [2.05, 4.69) is 15.9 Å². The second kappa shape index (κ2) is 7.99. The zero-order chi connectivity index (χ0) is 22.3. The van der Waals surface area contributed by atoms with Crippen molar-refractivity contribution >= 4 is 32.5 Å². The van der Waals surface area contributed by atoms with Gasteiger partial charge in [0.2, 0.25) is 0 Å². The Balaban J connectivity index is 2.02. The van der Waals surface area contributed by atoms with Crippen molar-refractivity contribution < 1.29 is 4.92 Å². The Morgan fingerprint density at radius 2 is 1.74 bits per heavy atom. The van der Waals surface area contributed by atoms with Crippen LogP contribution in [0.4, 0.5) is 5.69 Å². The first kappa shape index (κ1) is 20.8. The van der Waals surface area contributed by atoms with Crippen molar-refractivity contribution in [3.8, 4) is 11.3 Å². The fraction of sp³-hybridized carbons (Fsp3) is 0.182. The van der Waals surface area contributed by atoms with Crippen LogP contribution in [-0.4, -0.2) is 18.6 Å². The van der Waals surface area contributed by atoms with Gasteiger partial charge < -0.3 is 4.57 Å². The van der Waals surface area contributed by atoms with Gasteiger partial charge in [-0.25, -0.2) is 4.79 Å². The molecule has 0 N–H and O–H groups in total. The largest absolute Gasteiger partial charge is 0.344 e. The van der Waals surface area contributed by atoms with Crippen LogP contribution in [0, 0.1) is 10.1 Å². The molecule has 0 amide bonds. The third-order valence-corrected chi connectivity index (χ3v) is 6.10. The number of hydrogen-bond donors (Lipinski definition) is 0. The van der Waals surface area contributed by atoms with E-state index in [9.17, 15) is 19.7 Å². The average Bonchev–Trinajstić information content (AvgIpc) is 3.15. The van der Waals surface area contributed by atoms with Crippen LogP contribution in [0.15, 0.2) is 68.8 Å². The van der Waals surface area contributed by atoms with Gasteiger partial charge in [-0.15, -0.1) is 0 Å². The Labute approximate surface area is 185 Å². The van der Waals surface area contributed by atoms with Crippen molar-refractivity contribution in [2.24, 2.45) is 14.1 Å². The van der Waals surface area contributed by atoms with Gasteiger partial charge >= 0.3 is 5.69 Å². The van der Waals surface area contributed by atoms with E-state index in [4.69, 9.17) is 0 Å². The van der Waals surface area contributed by atoms with E-state index >= 15 is 0 Å². The summed E-state index contributed by atoms with van der Waals surface area (Å²) in [6, 6.07) is 14.3. The van der Waals surface area contributed by atoms with Crippen LogP contribution in [0.3, 0.4) is 0 Å². The summed E-state index contributed by atoms with van der Waals surface area (Å²) in [5.74, 6) is 0. The minimum Gasteiger partial charge on any atom is -0.344 e. The standard InChI is InChI=1S/C22H19BrN4O4/c1-24-18-13-26(11-10-14-6-4-3-5-7-14)20(19(18)21(28)25(2)22(24)29)16-12-15(27(30)31)8-9-17(16)23/h3-9,12-13H,10-11H2,1-2H3. The Hall–Kier alpha value is -3.46. The third kappa shape index (κ3) is 3.61. The molecule has 0 unspecified atom stereocenters. The summed E-state index contributed by atoms with van der Waals surface area (Å²) < 4.78 is 4.99. The molecular weight excluding hydrogens is 464 g/mol. The summed E-state index contributed by atoms with van der Waals surface area (Å²) in [7, 11) is 3.04. The van der Waals surface area contributed by atoms with E-state index < -0.39 is 16.2 Å². The highest BCUT2D eigenvalue weighted by molar-refractivity contribution is 9.10. The van der Waals surface area contributed by atoms with Crippen LogP contribution in [0.1, 0.15) is 5.56 Å². The van der Waals surface area contributed by atoms with Crippen LogP contribution < -0.4 is 11.2 Å². The lowest BCUT2D eigenvalue weighted by Gasteiger charge is -2.12. The number of rotatable bonds is 5. The number of aromatic nitrogens is 3. The Kier molecular flexibility index (Phi) is 5.36. The predicted molar refractivity (Wildman–Crippen MR) is 122 cm³/mol. The number of halogens is 1. The summed E-state index contributed by atoms with van der Waals surface area (Å²) in [6.07, 6.45) is 2.46. The van der Waals surface area contributed by atoms with E-state index in [1.54, 1.807) is 19.3 Å². The molecule has 0 fully saturated rings. The van der Waals surface area contributed by atoms with E-state index in [1.807, 2.05) is 34.9 Å². The van der Waals surface area contributed by atoms with Crippen molar-refractivity contribution in [2.45, 2.75) is 13.0 Å². The molecule has 0 saturated carbocycles. The highest BCUT2D eigenvalue weighted by Gasteiger charge is 2.22. The number of nitro benzene ring substituents is 1. The molecule has 2 aromatic carbocycles. The summed E-state index contributed by atoms with van der Waals surface area (Å²) in [5.41, 5.74) is 1.71. The van der Waals surface area contributed by atoms with Crippen molar-refractivity contribution in [1.82, 2.24) is 13.7 Å². The molecule has 0 radical (unpaired) electrons. The number of nitrogens with zero attached hydrogens (tertiary/aromatic N) is 4. The molecule has 0 aliphatic rings. The fourth-order valence-corrected chi connectivity index (χ4v) is 4.19. The van der Waals surface area contributed by atoms with Crippen LogP contribution in [-0.2, 0) is 27.1 Å². The van der Waals surface area contributed by atoms with Gasteiger partial charge in [-0.3, -0.25) is 24.0 Å². The monoisotopic (exact) mass is 482 g/mol. The quantitative estimate of drug-likeness (QED) is 0.320. The first-order valence-corrected chi connectivity index (χ1v) is 10.4. The molecule has 9 heteroatoms. The van der Waals surface area contributed by atoms with E-state index in [0.717, 1.165) is 10.1 Å². The normalized spacial score (nSPS) is 11.2. The summed E-state index contributed by atoms with van der Waals surface area (Å²) in [6.45, 7) is 0.528. The van der Waals surface area contributed by atoms with Gasteiger partial charge in [-0.05, 0) is 18.1 Å². The molecule has 0 aliphatic carbocycles. The zero-order valence-electron chi connectivity index (χ0n) is 16.9. The molecular formula is C22H19BrN4O4. The number of aryl methyl sites for hydroxylation is 3. The highest BCUT2D eigenvalue weighted by Crippen LogP contribution is 2.36. The third-order valence-electron chi connectivity index (χ3n) is 5.41. The van der Waals surface area contributed by atoms with Crippen LogP contribution in [0.5, 0.6) is 0 Å². The molecule has 4 rings (SSSR count). The zero-order valence-corrected chi connectivity index (χ0v) is 18.5. The van der Waals surface area contributed by atoms with Crippen molar-refractivity contribution in [3.63, 3.8) is 0 Å². The molecule has 31 heavy (non-hydrogen) atoms. The molecule has 0 atom stereocenters. The Morgan fingerprint density at radius 1 is 1.03 bits per heavy atom. The molecule has 0 aliphatic heterocycles. The smallest absolute Gasteiger partial charge is 0.330 e. The minimum atomic E-state index is -0.469. The predicted octanol–water partition coefficient (Wildman–Crippen LogP) is 3.62. The number of nitro groups is 1. The van der Waals surface area contributed by atoms with Crippen LogP contribution >= 0.6 is 15.9 Å². The molecule has 2 aromatic heterocycles. The SMILES string of the molecule is Cn1c(=O)c2c(-c3cc([N+](=O)[O-])ccc3Br)n(CCc3ccccc3)cc2n(C)c1=O. The van der Waals surface area contributed by atoms with Crippen LogP contribution in [0.2, 0.25) is 0 Å². The molecule has 4 aromatic rings. The van der Waals surface area contributed by atoms with Gasteiger partial charge in [0.25, 0.3) is 11.2 Å². The first-order valence-electron chi connectivity index (χ1n) is 9.56. The second-order valence-electron chi connectivity index (χ2n) is 7.29. The maximum atomic E-state index is 13.1. The first-order chi connectivity index (χ1) is 14.8. The van der Waals surface area contributed by atoms with Crippen LogP contribution in [0.25, 0.3) is 22.2 Å². The fourth-order valence-electron chi connectivity index (χ4n) is 3.76. The van der Waals surface area contributed by atoms with E-state index in [0.29, 0.717) is 39.6 Å². The number of benzene rings is 2. The van der Waals surface area contributed by atoms with Gasteiger partial charge in [0.15, 0.2) is 0 Å². The Morgan fingerprint density at radius 3 is 2.42 bits per heavy atom. The lowest BCUT2D eigenvalue weighted by molar-refractivity contribution is -0.384. The number of non-ortho nitro benzene ring substituents is 1.